The number of hydrogen-bond donors (Lipinski definition) is 1. The summed E-state index contributed by atoms with van der Waals surface area (Å²) in [5.74, 6) is 1.09. The van der Waals surface area contributed by atoms with Gasteiger partial charge in [0, 0.05) is 6.54 Å². The summed E-state index contributed by atoms with van der Waals surface area (Å²) in [6.07, 6.45) is 4.11. The highest BCUT2D eigenvalue weighted by atomic mass is 16.4. The minimum absolute atomic E-state index is 0.0778. The van der Waals surface area contributed by atoms with Crippen LogP contribution in [0.2, 0.25) is 0 Å². The summed E-state index contributed by atoms with van der Waals surface area (Å²) >= 11 is 0. The lowest BCUT2D eigenvalue weighted by molar-refractivity contribution is 0.133. The second-order valence-corrected chi connectivity index (χ2v) is 5.50. The number of amides is 1. The number of nitrogens with zero attached hydrogens (tertiary/aromatic N) is 1. The summed E-state index contributed by atoms with van der Waals surface area (Å²) in [5, 5.41) is 9.42. The van der Waals surface area contributed by atoms with E-state index in [-0.39, 0.29) is 6.04 Å². The molecule has 1 aromatic rings. The Morgan fingerprint density at radius 3 is 2.61 bits per heavy atom. The molecule has 0 radical (unpaired) electrons. The summed E-state index contributed by atoms with van der Waals surface area (Å²) < 4.78 is 0. The van der Waals surface area contributed by atoms with E-state index in [4.69, 9.17) is 0 Å². The smallest absolute Gasteiger partial charge is 0.407 e. The van der Waals surface area contributed by atoms with Gasteiger partial charge in [0.25, 0.3) is 0 Å². The highest BCUT2D eigenvalue weighted by molar-refractivity contribution is 5.66. The molecule has 0 aromatic heterocycles. The first-order chi connectivity index (χ1) is 8.77. The van der Waals surface area contributed by atoms with Gasteiger partial charge < -0.3 is 10.0 Å². The van der Waals surface area contributed by atoms with Crippen LogP contribution in [0.25, 0.3) is 0 Å². The molecule has 96 valence electrons. The van der Waals surface area contributed by atoms with Crippen molar-refractivity contribution < 1.29 is 9.90 Å². The zero-order valence-corrected chi connectivity index (χ0v) is 10.5. The van der Waals surface area contributed by atoms with Crippen molar-refractivity contribution in [2.45, 2.75) is 31.7 Å². The fraction of sp³-hybridized carbons (Fsp3) is 0.533. The topological polar surface area (TPSA) is 40.5 Å². The van der Waals surface area contributed by atoms with Gasteiger partial charge in [0.05, 0.1) is 6.04 Å². The predicted molar refractivity (Wildman–Crippen MR) is 69.4 cm³/mol. The fourth-order valence-corrected chi connectivity index (χ4v) is 3.75. The van der Waals surface area contributed by atoms with Gasteiger partial charge in [-0.1, -0.05) is 43.2 Å². The van der Waals surface area contributed by atoms with Crippen LogP contribution in [0.15, 0.2) is 30.3 Å². The predicted octanol–water partition coefficient (Wildman–Crippen LogP) is 3.53. The van der Waals surface area contributed by atoms with Crippen LogP contribution in [0.1, 0.15) is 37.3 Å². The zero-order chi connectivity index (χ0) is 12.5. The third-order valence-corrected chi connectivity index (χ3v) is 4.53. The highest BCUT2D eigenvalue weighted by Gasteiger charge is 2.45. The van der Waals surface area contributed by atoms with E-state index in [0.717, 1.165) is 12.1 Å². The van der Waals surface area contributed by atoms with Crippen LogP contribution in [0.3, 0.4) is 0 Å². The number of hydrogen-bond acceptors (Lipinski definition) is 1. The number of carboxylic acid groups (broad SMARTS) is 1. The third kappa shape index (κ3) is 1.88. The molecule has 1 aliphatic carbocycles. The maximum Gasteiger partial charge on any atom is 0.407 e. The Morgan fingerprint density at radius 2 is 1.89 bits per heavy atom. The lowest BCUT2D eigenvalue weighted by Crippen LogP contribution is -2.30. The Hall–Kier alpha value is -1.51. The fourth-order valence-electron chi connectivity index (χ4n) is 3.75. The molecule has 18 heavy (non-hydrogen) atoms. The van der Waals surface area contributed by atoms with Gasteiger partial charge in [0.1, 0.15) is 0 Å². The molecule has 1 aromatic carbocycles. The Balaban J connectivity index is 1.94. The van der Waals surface area contributed by atoms with Crippen molar-refractivity contribution in [1.29, 1.82) is 0 Å². The van der Waals surface area contributed by atoms with E-state index in [1.54, 1.807) is 4.90 Å². The van der Waals surface area contributed by atoms with Crippen molar-refractivity contribution >= 4 is 6.09 Å². The molecule has 3 rings (SSSR count). The Kier molecular flexibility index (Phi) is 2.98. The molecule has 0 bridgehead atoms. The minimum Gasteiger partial charge on any atom is -0.465 e. The number of rotatable bonds is 1. The summed E-state index contributed by atoms with van der Waals surface area (Å²) in [4.78, 5) is 13.1. The van der Waals surface area contributed by atoms with Crippen LogP contribution in [0.5, 0.6) is 0 Å². The zero-order valence-electron chi connectivity index (χ0n) is 10.5. The molecule has 2 aliphatic rings. The lowest BCUT2D eigenvalue weighted by atomic mass is 9.77. The number of carbonyl (C=O) groups is 1. The van der Waals surface area contributed by atoms with Crippen LogP contribution >= 0.6 is 0 Å². The van der Waals surface area contributed by atoms with E-state index in [1.807, 2.05) is 18.2 Å². The highest BCUT2D eigenvalue weighted by Crippen LogP contribution is 2.47. The van der Waals surface area contributed by atoms with Crippen LogP contribution in [-0.4, -0.2) is 22.6 Å². The molecule has 3 atom stereocenters. The maximum atomic E-state index is 11.5. The van der Waals surface area contributed by atoms with E-state index in [1.165, 1.54) is 25.7 Å². The van der Waals surface area contributed by atoms with E-state index >= 15 is 0 Å². The van der Waals surface area contributed by atoms with Crippen LogP contribution in [0.4, 0.5) is 4.79 Å². The molecule has 3 heteroatoms. The van der Waals surface area contributed by atoms with Crippen molar-refractivity contribution in [3.05, 3.63) is 35.9 Å². The molecule has 1 heterocycles. The third-order valence-electron chi connectivity index (χ3n) is 4.53. The van der Waals surface area contributed by atoms with Gasteiger partial charge in [-0.15, -0.1) is 0 Å². The molecule has 3 nitrogen and oxygen atoms in total. The van der Waals surface area contributed by atoms with Gasteiger partial charge >= 0.3 is 6.09 Å². The maximum absolute atomic E-state index is 11.5. The Bertz CT molecular complexity index is 431. The van der Waals surface area contributed by atoms with Gasteiger partial charge in [-0.3, -0.25) is 0 Å². The van der Waals surface area contributed by atoms with Crippen molar-refractivity contribution in [2.24, 2.45) is 11.8 Å². The van der Waals surface area contributed by atoms with Crippen molar-refractivity contribution in [3.63, 3.8) is 0 Å². The van der Waals surface area contributed by atoms with E-state index in [0.29, 0.717) is 11.8 Å². The molecule has 1 saturated carbocycles. The van der Waals surface area contributed by atoms with Gasteiger partial charge in [0.2, 0.25) is 0 Å². The van der Waals surface area contributed by atoms with Crippen LogP contribution in [0, 0.1) is 11.8 Å². The molecule has 1 saturated heterocycles. The van der Waals surface area contributed by atoms with Crippen molar-refractivity contribution in [1.82, 2.24) is 4.90 Å². The summed E-state index contributed by atoms with van der Waals surface area (Å²) in [7, 11) is 0. The second kappa shape index (κ2) is 4.63. The monoisotopic (exact) mass is 245 g/mol. The number of fused-ring (bicyclic) bond motifs is 1. The van der Waals surface area contributed by atoms with Crippen LogP contribution in [-0.2, 0) is 0 Å². The first-order valence-corrected chi connectivity index (χ1v) is 6.82. The van der Waals surface area contributed by atoms with E-state index in [2.05, 4.69) is 12.1 Å². The molecule has 3 unspecified atom stereocenters. The lowest BCUT2D eigenvalue weighted by Gasteiger charge is -2.29. The largest absolute Gasteiger partial charge is 0.465 e. The molecular weight excluding hydrogens is 226 g/mol. The van der Waals surface area contributed by atoms with E-state index < -0.39 is 6.09 Å². The average molecular weight is 245 g/mol. The minimum atomic E-state index is -0.766. The van der Waals surface area contributed by atoms with Crippen LogP contribution < -0.4 is 0 Å². The summed E-state index contributed by atoms with van der Waals surface area (Å²) in [5.41, 5.74) is 1.16. The Labute approximate surface area is 107 Å². The van der Waals surface area contributed by atoms with Gasteiger partial charge in [-0.25, -0.2) is 4.79 Å². The molecular formula is C15H19NO2. The molecule has 1 amide bonds. The summed E-state index contributed by atoms with van der Waals surface area (Å²) in [6, 6.07) is 10.2. The van der Waals surface area contributed by atoms with Gasteiger partial charge in [-0.2, -0.15) is 0 Å². The standard InChI is InChI=1S/C15H19NO2/c17-15(18)16-10-12-8-4-5-9-13(12)14(16)11-6-2-1-3-7-11/h1-3,6-7,12-14H,4-5,8-10H2,(H,17,18). The molecule has 1 N–H and O–H groups in total. The first kappa shape index (κ1) is 11.6. The first-order valence-electron chi connectivity index (χ1n) is 6.82. The molecule has 2 fully saturated rings. The SMILES string of the molecule is O=C(O)N1CC2CCCCC2C1c1ccccc1. The molecule has 0 spiro atoms. The summed E-state index contributed by atoms with van der Waals surface area (Å²) in [6.45, 7) is 0.722. The van der Waals surface area contributed by atoms with Gasteiger partial charge in [-0.05, 0) is 30.2 Å². The van der Waals surface area contributed by atoms with Crippen molar-refractivity contribution in [2.75, 3.05) is 6.54 Å². The normalized spacial score (nSPS) is 31.1. The Morgan fingerprint density at radius 1 is 1.17 bits per heavy atom. The number of benzene rings is 1. The van der Waals surface area contributed by atoms with E-state index in [9.17, 15) is 9.90 Å². The number of likely N-dealkylation sites (tertiary alicyclic amines) is 1. The average Bonchev–Trinajstić information content (AvgIpc) is 2.79. The molecule has 1 aliphatic heterocycles. The second-order valence-electron chi connectivity index (χ2n) is 5.50. The quantitative estimate of drug-likeness (QED) is 0.822. The van der Waals surface area contributed by atoms with Crippen molar-refractivity contribution in [3.8, 4) is 0 Å². The van der Waals surface area contributed by atoms with Gasteiger partial charge in [0.15, 0.2) is 0 Å².